The number of aliphatic hydroxyl groups is 1. The van der Waals surface area contributed by atoms with Crippen LogP contribution in [0.5, 0.6) is 5.75 Å². The number of aliphatic hydroxyl groups excluding tert-OH is 1. The molecule has 21 heavy (non-hydrogen) atoms. The number of hydrogen-bond acceptors (Lipinski definition) is 3. The van der Waals surface area contributed by atoms with E-state index in [0.717, 1.165) is 31.2 Å². The van der Waals surface area contributed by atoms with Crippen LogP contribution in [-0.4, -0.2) is 16.0 Å². The Labute approximate surface area is 125 Å². The minimum absolute atomic E-state index is 0.100. The molecule has 0 aliphatic heterocycles. The van der Waals surface area contributed by atoms with Crippen molar-refractivity contribution in [2.24, 2.45) is 11.3 Å². The van der Waals surface area contributed by atoms with Gasteiger partial charge in [-0.15, -0.1) is 0 Å². The van der Waals surface area contributed by atoms with Crippen LogP contribution in [0.1, 0.15) is 50.7 Å². The minimum atomic E-state index is -0.598. The molecule has 1 aromatic carbocycles. The summed E-state index contributed by atoms with van der Waals surface area (Å²) in [5, 5.41) is 20.4. The quantitative estimate of drug-likeness (QED) is 0.874. The van der Waals surface area contributed by atoms with Crippen molar-refractivity contribution in [1.29, 1.82) is 0 Å². The molecule has 0 aromatic heterocycles. The molecule has 0 heterocycles. The largest absolute Gasteiger partial charge is 0.508 e. The maximum atomic E-state index is 11.7. The van der Waals surface area contributed by atoms with Gasteiger partial charge in [0.15, 0.2) is 5.78 Å². The van der Waals surface area contributed by atoms with E-state index in [2.05, 4.69) is 6.92 Å². The average Bonchev–Trinajstić information content (AvgIpc) is 2.46. The van der Waals surface area contributed by atoms with E-state index in [0.29, 0.717) is 6.42 Å². The number of aromatic hydroxyl groups is 1. The molecule has 3 unspecified atom stereocenters. The Kier molecular flexibility index (Phi) is 3.62. The van der Waals surface area contributed by atoms with Gasteiger partial charge >= 0.3 is 0 Å². The van der Waals surface area contributed by atoms with Crippen molar-refractivity contribution in [3.63, 3.8) is 0 Å². The van der Waals surface area contributed by atoms with E-state index in [9.17, 15) is 15.0 Å². The summed E-state index contributed by atoms with van der Waals surface area (Å²) in [6.07, 6.45) is 5.53. The van der Waals surface area contributed by atoms with Crippen LogP contribution in [0, 0.1) is 11.3 Å². The number of carbonyl (C=O) groups is 1. The monoisotopic (exact) mass is 286 g/mol. The van der Waals surface area contributed by atoms with Crippen molar-refractivity contribution in [2.45, 2.75) is 45.1 Å². The molecule has 0 amide bonds. The fraction of sp³-hybridized carbons (Fsp3) is 0.500. The number of benzene rings is 1. The van der Waals surface area contributed by atoms with Crippen molar-refractivity contribution >= 4 is 5.78 Å². The summed E-state index contributed by atoms with van der Waals surface area (Å²) in [5.41, 5.74) is 1.87. The second-order valence-electron chi connectivity index (χ2n) is 6.59. The van der Waals surface area contributed by atoms with Crippen molar-refractivity contribution in [2.75, 3.05) is 0 Å². The van der Waals surface area contributed by atoms with Crippen LogP contribution in [0.25, 0.3) is 0 Å². The van der Waals surface area contributed by atoms with Crippen molar-refractivity contribution in [3.8, 4) is 5.75 Å². The van der Waals surface area contributed by atoms with Crippen LogP contribution in [0.3, 0.4) is 0 Å². The zero-order valence-electron chi connectivity index (χ0n) is 12.4. The number of carbonyl (C=O) groups excluding carboxylic acids is 1. The highest BCUT2D eigenvalue weighted by Crippen LogP contribution is 2.54. The molecule has 2 aliphatic carbocycles. The lowest BCUT2D eigenvalue weighted by Gasteiger charge is -2.47. The van der Waals surface area contributed by atoms with Gasteiger partial charge in [-0.3, -0.25) is 4.79 Å². The molecule has 112 valence electrons. The molecule has 0 saturated heterocycles. The van der Waals surface area contributed by atoms with Crippen LogP contribution >= 0.6 is 0 Å². The lowest BCUT2D eigenvalue weighted by atomic mass is 9.58. The van der Waals surface area contributed by atoms with Crippen LogP contribution in [0.2, 0.25) is 0 Å². The average molecular weight is 286 g/mol. The molecule has 2 N–H and O–H groups in total. The van der Waals surface area contributed by atoms with E-state index in [1.165, 1.54) is 5.57 Å². The minimum Gasteiger partial charge on any atom is -0.508 e. The molecule has 2 aliphatic rings. The SMILES string of the molecule is CC12CCC(=O)C=C1CCCC2C(O)c1cccc(O)c1. The van der Waals surface area contributed by atoms with Gasteiger partial charge in [0.05, 0.1) is 6.10 Å². The summed E-state index contributed by atoms with van der Waals surface area (Å²) < 4.78 is 0. The number of phenolic OH excluding ortho intramolecular Hbond substituents is 1. The van der Waals surface area contributed by atoms with Gasteiger partial charge in [0, 0.05) is 6.42 Å². The summed E-state index contributed by atoms with van der Waals surface area (Å²) in [5.74, 6) is 0.504. The van der Waals surface area contributed by atoms with Crippen LogP contribution in [0.15, 0.2) is 35.9 Å². The maximum absolute atomic E-state index is 11.7. The third-order valence-electron chi connectivity index (χ3n) is 5.33. The van der Waals surface area contributed by atoms with E-state index in [1.807, 2.05) is 12.1 Å². The third-order valence-corrected chi connectivity index (χ3v) is 5.33. The van der Waals surface area contributed by atoms with E-state index in [4.69, 9.17) is 0 Å². The standard InChI is InChI=1S/C18H22O3/c1-18-9-8-15(20)11-13(18)5-3-7-16(18)17(21)12-4-2-6-14(19)10-12/h2,4,6,10-11,16-17,19,21H,3,5,7-9H2,1H3. The molecular formula is C18H22O3. The van der Waals surface area contributed by atoms with Gasteiger partial charge in [0.25, 0.3) is 0 Å². The Morgan fingerprint density at radius 1 is 1.33 bits per heavy atom. The fourth-order valence-corrected chi connectivity index (χ4v) is 4.03. The summed E-state index contributed by atoms with van der Waals surface area (Å²) in [6, 6.07) is 6.88. The van der Waals surface area contributed by atoms with Gasteiger partial charge < -0.3 is 10.2 Å². The molecule has 0 radical (unpaired) electrons. The molecule has 1 fully saturated rings. The Bertz CT molecular complexity index is 590. The molecule has 0 spiro atoms. The van der Waals surface area contributed by atoms with E-state index >= 15 is 0 Å². The molecule has 3 atom stereocenters. The maximum Gasteiger partial charge on any atom is 0.155 e. The highest BCUT2D eigenvalue weighted by molar-refractivity contribution is 5.91. The summed E-state index contributed by atoms with van der Waals surface area (Å²) in [7, 11) is 0. The number of ketones is 1. The van der Waals surface area contributed by atoms with Crippen LogP contribution in [-0.2, 0) is 4.79 Å². The number of phenols is 1. The predicted molar refractivity (Wildman–Crippen MR) is 80.8 cm³/mol. The topological polar surface area (TPSA) is 57.5 Å². The second kappa shape index (κ2) is 5.30. The van der Waals surface area contributed by atoms with Gasteiger partial charge in [-0.2, -0.15) is 0 Å². The van der Waals surface area contributed by atoms with Gasteiger partial charge in [-0.25, -0.2) is 0 Å². The summed E-state index contributed by atoms with van der Waals surface area (Å²) in [4.78, 5) is 11.7. The van der Waals surface area contributed by atoms with E-state index in [1.54, 1.807) is 18.2 Å². The summed E-state index contributed by atoms with van der Waals surface area (Å²) >= 11 is 0. The fourth-order valence-electron chi connectivity index (χ4n) is 4.03. The van der Waals surface area contributed by atoms with Crippen molar-refractivity contribution in [1.82, 2.24) is 0 Å². The number of allylic oxidation sites excluding steroid dienone is 2. The van der Waals surface area contributed by atoms with Gasteiger partial charge in [-0.05, 0) is 60.8 Å². The third kappa shape index (κ3) is 2.51. The molecule has 3 heteroatoms. The molecule has 3 nitrogen and oxygen atoms in total. The Morgan fingerprint density at radius 2 is 2.14 bits per heavy atom. The first kappa shape index (κ1) is 14.3. The first-order chi connectivity index (χ1) is 10.0. The first-order valence-corrected chi connectivity index (χ1v) is 7.71. The number of fused-ring (bicyclic) bond motifs is 1. The van der Waals surface area contributed by atoms with Gasteiger partial charge in [-0.1, -0.05) is 24.6 Å². The highest BCUT2D eigenvalue weighted by atomic mass is 16.3. The van der Waals surface area contributed by atoms with Crippen molar-refractivity contribution < 1.29 is 15.0 Å². The van der Waals surface area contributed by atoms with E-state index in [-0.39, 0.29) is 22.9 Å². The number of hydrogen-bond donors (Lipinski definition) is 2. The lowest BCUT2D eigenvalue weighted by molar-refractivity contribution is -0.116. The molecular weight excluding hydrogens is 264 g/mol. The predicted octanol–water partition coefficient (Wildman–Crippen LogP) is 3.52. The first-order valence-electron chi connectivity index (χ1n) is 7.71. The highest BCUT2D eigenvalue weighted by Gasteiger charge is 2.45. The summed E-state index contributed by atoms with van der Waals surface area (Å²) in [6.45, 7) is 2.18. The lowest BCUT2D eigenvalue weighted by Crippen LogP contribution is -2.39. The van der Waals surface area contributed by atoms with Crippen molar-refractivity contribution in [3.05, 3.63) is 41.5 Å². The molecule has 1 saturated carbocycles. The van der Waals surface area contributed by atoms with E-state index < -0.39 is 6.10 Å². The second-order valence-corrected chi connectivity index (χ2v) is 6.59. The Hall–Kier alpha value is -1.61. The number of rotatable bonds is 2. The normalized spacial score (nSPS) is 30.5. The Morgan fingerprint density at radius 3 is 2.90 bits per heavy atom. The molecule has 1 aromatic rings. The Balaban J connectivity index is 1.94. The zero-order chi connectivity index (χ0) is 15.0. The van der Waals surface area contributed by atoms with Crippen LogP contribution < -0.4 is 0 Å². The molecule has 3 rings (SSSR count). The smallest absolute Gasteiger partial charge is 0.155 e. The van der Waals surface area contributed by atoms with Gasteiger partial charge in [0.2, 0.25) is 0 Å². The van der Waals surface area contributed by atoms with Crippen LogP contribution in [0.4, 0.5) is 0 Å². The zero-order valence-corrected chi connectivity index (χ0v) is 12.4. The van der Waals surface area contributed by atoms with Gasteiger partial charge in [0.1, 0.15) is 5.75 Å². The molecule has 0 bridgehead atoms.